The van der Waals surface area contributed by atoms with Crippen LogP contribution in [0.4, 0.5) is 5.69 Å². The molecule has 1 saturated heterocycles. The number of nitrogens with one attached hydrogen (secondary N) is 2. The lowest BCUT2D eigenvalue weighted by molar-refractivity contribution is -0.131. The number of nitrogens with zero attached hydrogens (tertiary/aromatic N) is 2. The van der Waals surface area contributed by atoms with E-state index in [1.807, 2.05) is 60.7 Å². The molecule has 1 aliphatic rings. The van der Waals surface area contributed by atoms with E-state index in [4.69, 9.17) is 0 Å². The maximum absolute atomic E-state index is 13.1. The molecule has 1 unspecified atom stereocenters. The predicted molar refractivity (Wildman–Crippen MR) is 150 cm³/mol. The summed E-state index contributed by atoms with van der Waals surface area (Å²) in [5, 5.41) is 5.94. The molecule has 0 aliphatic carbocycles. The van der Waals surface area contributed by atoms with Crippen molar-refractivity contribution >= 4 is 17.5 Å². The van der Waals surface area contributed by atoms with Gasteiger partial charge in [-0.15, -0.1) is 0 Å². The normalized spacial score (nSPS) is 14.7. The van der Waals surface area contributed by atoms with Crippen LogP contribution in [-0.2, 0) is 16.1 Å². The fourth-order valence-corrected chi connectivity index (χ4v) is 4.84. The number of rotatable bonds is 10. The number of piperazine rings is 1. The SMILES string of the molecule is Cc1ccc(C)c(N2CCN(CCCNC(=O)C(C(=O)NCc3ccccc3)c3ccccc3)CC2)c1. The zero-order valence-electron chi connectivity index (χ0n) is 22.0. The summed E-state index contributed by atoms with van der Waals surface area (Å²) in [6.45, 7) is 10.2. The Morgan fingerprint density at radius 2 is 1.46 bits per heavy atom. The van der Waals surface area contributed by atoms with Crippen molar-refractivity contribution in [2.75, 3.05) is 44.2 Å². The van der Waals surface area contributed by atoms with Crippen LogP contribution in [0.15, 0.2) is 78.9 Å². The van der Waals surface area contributed by atoms with Crippen molar-refractivity contribution < 1.29 is 9.59 Å². The largest absolute Gasteiger partial charge is 0.369 e. The average Bonchev–Trinajstić information content (AvgIpc) is 2.93. The van der Waals surface area contributed by atoms with E-state index in [0.717, 1.165) is 44.7 Å². The van der Waals surface area contributed by atoms with E-state index in [9.17, 15) is 9.59 Å². The van der Waals surface area contributed by atoms with Crippen LogP contribution in [-0.4, -0.2) is 56.0 Å². The van der Waals surface area contributed by atoms with Crippen LogP contribution in [0.1, 0.15) is 34.6 Å². The second kappa shape index (κ2) is 13.1. The smallest absolute Gasteiger partial charge is 0.237 e. The van der Waals surface area contributed by atoms with Crippen molar-refractivity contribution in [1.82, 2.24) is 15.5 Å². The van der Waals surface area contributed by atoms with Crippen molar-refractivity contribution in [1.29, 1.82) is 0 Å². The molecule has 0 saturated carbocycles. The number of aryl methyl sites for hydroxylation is 2. The van der Waals surface area contributed by atoms with Gasteiger partial charge in [-0.3, -0.25) is 14.5 Å². The lowest BCUT2D eigenvalue weighted by Crippen LogP contribution is -2.47. The van der Waals surface area contributed by atoms with Crippen LogP contribution in [0.2, 0.25) is 0 Å². The van der Waals surface area contributed by atoms with E-state index in [1.165, 1.54) is 16.8 Å². The van der Waals surface area contributed by atoms with Crippen molar-refractivity contribution in [3.63, 3.8) is 0 Å². The third-order valence-corrected chi connectivity index (χ3v) is 6.99. The summed E-state index contributed by atoms with van der Waals surface area (Å²) in [6, 6.07) is 25.7. The molecule has 0 bridgehead atoms. The van der Waals surface area contributed by atoms with Crippen LogP contribution < -0.4 is 15.5 Å². The summed E-state index contributed by atoms with van der Waals surface area (Å²) in [6.07, 6.45) is 0.850. The number of benzene rings is 3. The summed E-state index contributed by atoms with van der Waals surface area (Å²) in [4.78, 5) is 31.1. The Balaban J connectivity index is 1.24. The minimum absolute atomic E-state index is 0.253. The highest BCUT2D eigenvalue weighted by molar-refractivity contribution is 6.05. The number of amides is 2. The molecule has 37 heavy (non-hydrogen) atoms. The molecule has 1 atom stereocenters. The number of hydrogen-bond acceptors (Lipinski definition) is 4. The van der Waals surface area contributed by atoms with Crippen LogP contribution >= 0.6 is 0 Å². The second-order valence-electron chi connectivity index (χ2n) is 9.81. The van der Waals surface area contributed by atoms with Gasteiger partial charge in [-0.1, -0.05) is 72.8 Å². The highest BCUT2D eigenvalue weighted by Gasteiger charge is 2.28. The Hall–Kier alpha value is -3.64. The predicted octanol–water partition coefficient (Wildman–Crippen LogP) is 4.03. The number of carbonyl (C=O) groups excluding carboxylic acids is 2. The quantitative estimate of drug-likeness (QED) is 0.327. The van der Waals surface area contributed by atoms with Gasteiger partial charge >= 0.3 is 0 Å². The molecule has 6 heteroatoms. The Morgan fingerprint density at radius 3 is 2.16 bits per heavy atom. The van der Waals surface area contributed by atoms with Gasteiger partial charge in [0.1, 0.15) is 5.92 Å². The maximum Gasteiger partial charge on any atom is 0.237 e. The molecule has 1 aliphatic heterocycles. The van der Waals surface area contributed by atoms with E-state index < -0.39 is 5.92 Å². The molecule has 194 valence electrons. The summed E-state index contributed by atoms with van der Waals surface area (Å²) >= 11 is 0. The Morgan fingerprint density at radius 1 is 0.811 bits per heavy atom. The first-order chi connectivity index (χ1) is 18.0. The van der Waals surface area contributed by atoms with E-state index in [2.05, 4.69) is 52.5 Å². The zero-order chi connectivity index (χ0) is 26.0. The summed E-state index contributed by atoms with van der Waals surface area (Å²) in [5.41, 5.74) is 5.65. The first kappa shape index (κ1) is 26.4. The highest BCUT2D eigenvalue weighted by Crippen LogP contribution is 2.23. The first-order valence-corrected chi connectivity index (χ1v) is 13.2. The van der Waals surface area contributed by atoms with Gasteiger partial charge in [-0.2, -0.15) is 0 Å². The number of anilines is 1. The standard InChI is InChI=1S/C31H38N4O2/c1-24-14-15-25(2)28(22-24)35-20-18-34(19-21-35)17-9-16-32-30(36)29(27-12-7-4-8-13-27)31(37)33-23-26-10-5-3-6-11-26/h3-8,10-15,22,29H,9,16-21,23H2,1-2H3,(H,32,36)(H,33,37). The van der Waals surface area contributed by atoms with Gasteiger partial charge in [-0.05, 0) is 55.1 Å². The maximum atomic E-state index is 13.1. The van der Waals surface area contributed by atoms with E-state index >= 15 is 0 Å². The third kappa shape index (κ3) is 7.43. The molecule has 3 aromatic rings. The average molecular weight is 499 g/mol. The summed E-state index contributed by atoms with van der Waals surface area (Å²) < 4.78 is 0. The van der Waals surface area contributed by atoms with Crippen LogP contribution in [0.5, 0.6) is 0 Å². The minimum Gasteiger partial charge on any atom is -0.369 e. The molecule has 2 amide bonds. The van der Waals surface area contributed by atoms with Crippen LogP contribution in [0, 0.1) is 13.8 Å². The Bertz CT molecular complexity index is 1160. The van der Waals surface area contributed by atoms with E-state index in [0.29, 0.717) is 18.7 Å². The van der Waals surface area contributed by atoms with Gasteiger partial charge in [0.2, 0.25) is 11.8 Å². The Kier molecular flexibility index (Phi) is 9.33. The van der Waals surface area contributed by atoms with E-state index in [1.54, 1.807) is 0 Å². The van der Waals surface area contributed by atoms with Crippen LogP contribution in [0.3, 0.4) is 0 Å². The van der Waals surface area contributed by atoms with Crippen molar-refractivity contribution in [3.05, 3.63) is 101 Å². The molecule has 0 spiro atoms. The van der Waals surface area contributed by atoms with Crippen molar-refractivity contribution in [2.24, 2.45) is 0 Å². The fraction of sp³-hybridized carbons (Fsp3) is 0.355. The van der Waals surface area contributed by atoms with Crippen molar-refractivity contribution in [3.8, 4) is 0 Å². The van der Waals surface area contributed by atoms with Crippen LogP contribution in [0.25, 0.3) is 0 Å². The minimum atomic E-state index is -0.869. The lowest BCUT2D eigenvalue weighted by atomic mass is 9.97. The van der Waals surface area contributed by atoms with Gasteiger partial charge in [0.05, 0.1) is 0 Å². The summed E-state index contributed by atoms with van der Waals surface area (Å²) in [7, 11) is 0. The molecule has 2 N–H and O–H groups in total. The van der Waals surface area contributed by atoms with Gasteiger partial charge in [-0.25, -0.2) is 0 Å². The Labute approximate surface area is 220 Å². The van der Waals surface area contributed by atoms with Gasteiger partial charge in [0.15, 0.2) is 0 Å². The highest BCUT2D eigenvalue weighted by atomic mass is 16.2. The molecule has 0 aromatic heterocycles. The van der Waals surface area contributed by atoms with Gasteiger partial charge in [0, 0.05) is 45.0 Å². The molecule has 1 fully saturated rings. The lowest BCUT2D eigenvalue weighted by Gasteiger charge is -2.37. The van der Waals surface area contributed by atoms with Gasteiger partial charge in [0.25, 0.3) is 0 Å². The molecule has 3 aromatic carbocycles. The number of hydrogen-bond donors (Lipinski definition) is 2. The zero-order valence-corrected chi connectivity index (χ0v) is 22.0. The molecule has 0 radical (unpaired) electrons. The monoisotopic (exact) mass is 498 g/mol. The molecular weight excluding hydrogens is 460 g/mol. The topological polar surface area (TPSA) is 64.7 Å². The van der Waals surface area contributed by atoms with Gasteiger partial charge < -0.3 is 15.5 Å². The second-order valence-corrected chi connectivity index (χ2v) is 9.81. The molecule has 1 heterocycles. The fourth-order valence-electron chi connectivity index (χ4n) is 4.84. The molecule has 6 nitrogen and oxygen atoms in total. The van der Waals surface area contributed by atoms with Crippen molar-refractivity contribution in [2.45, 2.75) is 32.7 Å². The number of carbonyl (C=O) groups is 2. The molecule has 4 rings (SSSR count). The molecular formula is C31H38N4O2. The first-order valence-electron chi connectivity index (χ1n) is 13.2. The summed E-state index contributed by atoms with van der Waals surface area (Å²) in [5.74, 6) is -1.40. The van der Waals surface area contributed by atoms with E-state index in [-0.39, 0.29) is 11.8 Å². The third-order valence-electron chi connectivity index (χ3n) is 6.99.